The number of nitrogens with zero attached hydrogens (tertiary/aromatic N) is 2. The quantitative estimate of drug-likeness (QED) is 0.423. The predicted molar refractivity (Wildman–Crippen MR) is 109 cm³/mol. The van der Waals surface area contributed by atoms with E-state index in [0.717, 1.165) is 11.4 Å². The van der Waals surface area contributed by atoms with Gasteiger partial charge in [0.2, 0.25) is 0 Å². The number of carbonyl (C=O) groups excluding carboxylic acids is 4. The standard InChI is InChI=1S/C24H24N2O8/c1-3-4-16(28)32-13-6-15-24(20-18(13)34-20)8-11-21(29)25-10(22(30)26(11)15)7-23(24)14(25)5-12(31-9(2)27)17-19(23)33-17/h5-6,10-13,17-20H,3-4,7-8H2,1-2H3. The van der Waals surface area contributed by atoms with Crippen molar-refractivity contribution in [3.8, 4) is 0 Å². The highest BCUT2D eigenvalue weighted by atomic mass is 16.6. The van der Waals surface area contributed by atoms with Gasteiger partial charge in [-0.1, -0.05) is 6.92 Å². The third-order valence-corrected chi connectivity index (χ3v) is 9.27. The predicted octanol–water partition coefficient (Wildman–Crippen LogP) is 0.162. The number of rotatable bonds is 4. The van der Waals surface area contributed by atoms with Gasteiger partial charge in [0.15, 0.2) is 12.2 Å². The van der Waals surface area contributed by atoms with Crippen molar-refractivity contribution in [1.29, 1.82) is 0 Å². The molecule has 0 N–H and O–H groups in total. The first-order chi connectivity index (χ1) is 16.3. The molecule has 6 bridgehead atoms. The van der Waals surface area contributed by atoms with Crippen LogP contribution in [-0.2, 0) is 38.1 Å². The largest absolute Gasteiger partial charge is 0.455 e. The van der Waals surface area contributed by atoms with E-state index in [9.17, 15) is 19.2 Å². The molecule has 7 fully saturated rings. The summed E-state index contributed by atoms with van der Waals surface area (Å²) in [7, 11) is 0. The zero-order valence-corrected chi connectivity index (χ0v) is 18.8. The topological polar surface area (TPSA) is 118 Å². The van der Waals surface area contributed by atoms with Crippen molar-refractivity contribution < 1.29 is 38.1 Å². The number of ether oxygens (including phenoxy) is 4. The lowest BCUT2D eigenvalue weighted by Crippen LogP contribution is -2.60. The van der Waals surface area contributed by atoms with Crippen LogP contribution in [0.3, 0.4) is 0 Å². The molecule has 7 saturated heterocycles. The monoisotopic (exact) mass is 468 g/mol. The van der Waals surface area contributed by atoms with E-state index in [-0.39, 0.29) is 42.2 Å². The van der Waals surface area contributed by atoms with Gasteiger partial charge in [0.25, 0.3) is 11.8 Å². The van der Waals surface area contributed by atoms with Gasteiger partial charge in [-0.3, -0.25) is 19.2 Å². The van der Waals surface area contributed by atoms with Crippen LogP contribution in [0.4, 0.5) is 0 Å². The second-order valence-electron chi connectivity index (χ2n) is 10.7. The molecule has 178 valence electrons. The summed E-state index contributed by atoms with van der Waals surface area (Å²) in [5.74, 6) is -0.929. The van der Waals surface area contributed by atoms with E-state index in [0.29, 0.717) is 25.7 Å². The van der Waals surface area contributed by atoms with Crippen LogP contribution in [0, 0.1) is 10.8 Å². The van der Waals surface area contributed by atoms with Crippen molar-refractivity contribution in [2.45, 2.75) is 88.2 Å². The minimum Gasteiger partial charge on any atom is -0.455 e. The van der Waals surface area contributed by atoms with Crippen molar-refractivity contribution in [3.05, 3.63) is 23.5 Å². The maximum Gasteiger partial charge on any atom is 0.306 e. The first-order valence-electron chi connectivity index (χ1n) is 12.1. The van der Waals surface area contributed by atoms with Crippen LogP contribution in [0.1, 0.15) is 39.5 Å². The molecule has 2 amide bonds. The van der Waals surface area contributed by atoms with Gasteiger partial charge in [-0.25, -0.2) is 0 Å². The number of fused-ring (bicyclic) bond motifs is 2. The van der Waals surface area contributed by atoms with Crippen molar-refractivity contribution in [2.75, 3.05) is 0 Å². The Morgan fingerprint density at radius 2 is 1.44 bits per heavy atom. The molecule has 0 saturated carbocycles. The minimum atomic E-state index is -0.631. The van der Waals surface area contributed by atoms with Gasteiger partial charge >= 0.3 is 11.9 Å². The molecule has 10 unspecified atom stereocenters. The Balaban J connectivity index is 1.33. The Kier molecular flexibility index (Phi) is 3.30. The lowest BCUT2D eigenvalue weighted by molar-refractivity contribution is -0.154. The van der Waals surface area contributed by atoms with Crippen LogP contribution < -0.4 is 0 Å². The fraction of sp³-hybridized carbons (Fsp3) is 0.667. The zero-order valence-electron chi connectivity index (χ0n) is 18.8. The van der Waals surface area contributed by atoms with E-state index in [2.05, 4.69) is 0 Å². The third kappa shape index (κ3) is 1.89. The van der Waals surface area contributed by atoms with E-state index in [1.165, 1.54) is 6.92 Å². The van der Waals surface area contributed by atoms with Crippen LogP contribution in [0.15, 0.2) is 23.5 Å². The van der Waals surface area contributed by atoms with Crippen molar-refractivity contribution in [2.24, 2.45) is 10.8 Å². The number of amides is 2. The lowest BCUT2D eigenvalue weighted by Gasteiger charge is -2.50. The summed E-state index contributed by atoms with van der Waals surface area (Å²) in [6, 6.07) is -1.23. The molecule has 34 heavy (non-hydrogen) atoms. The molecule has 0 aromatic rings. The summed E-state index contributed by atoms with van der Waals surface area (Å²) in [4.78, 5) is 54.9. The summed E-state index contributed by atoms with van der Waals surface area (Å²) in [5.41, 5.74) is 0.225. The number of hydrogen-bond acceptors (Lipinski definition) is 8. The van der Waals surface area contributed by atoms with Gasteiger partial charge in [-0.05, 0) is 31.4 Å². The molecule has 2 aliphatic carbocycles. The molecule has 2 spiro atoms. The van der Waals surface area contributed by atoms with Crippen molar-refractivity contribution in [1.82, 2.24) is 9.80 Å². The SMILES string of the molecule is CCCC(=O)OC1C=C2N3C(=O)C4CC56C(=CC(OC(C)=O)C7OC75)N4C(=O)C3CC26C2OC12. The van der Waals surface area contributed by atoms with Gasteiger partial charge in [0.05, 0.1) is 10.8 Å². The molecule has 9 aliphatic rings. The number of epoxide rings is 2. The summed E-state index contributed by atoms with van der Waals surface area (Å²) >= 11 is 0. The van der Waals surface area contributed by atoms with Gasteiger partial charge in [-0.15, -0.1) is 0 Å². The van der Waals surface area contributed by atoms with Gasteiger partial charge in [-0.2, -0.15) is 0 Å². The molecule has 10 nitrogen and oxygen atoms in total. The van der Waals surface area contributed by atoms with E-state index in [4.69, 9.17) is 18.9 Å². The van der Waals surface area contributed by atoms with Gasteiger partial charge < -0.3 is 28.7 Å². The zero-order chi connectivity index (χ0) is 23.3. The van der Waals surface area contributed by atoms with E-state index < -0.39 is 41.1 Å². The molecule has 0 aromatic heterocycles. The average molecular weight is 468 g/mol. The highest BCUT2D eigenvalue weighted by Crippen LogP contribution is 2.78. The van der Waals surface area contributed by atoms with E-state index >= 15 is 0 Å². The van der Waals surface area contributed by atoms with Crippen LogP contribution >= 0.6 is 0 Å². The Bertz CT molecular complexity index is 1180. The Morgan fingerprint density at radius 1 is 0.941 bits per heavy atom. The van der Waals surface area contributed by atoms with E-state index in [1.54, 1.807) is 9.80 Å². The maximum absolute atomic E-state index is 13.8. The Hall–Kier alpha value is -2.72. The fourth-order valence-corrected chi connectivity index (χ4v) is 8.19. The summed E-state index contributed by atoms with van der Waals surface area (Å²) in [6.45, 7) is 3.27. The van der Waals surface area contributed by atoms with Crippen LogP contribution in [0.2, 0.25) is 0 Å². The second kappa shape index (κ2) is 5.73. The van der Waals surface area contributed by atoms with Crippen LogP contribution in [0.25, 0.3) is 0 Å². The van der Waals surface area contributed by atoms with Crippen LogP contribution in [-0.4, -0.2) is 82.3 Å². The van der Waals surface area contributed by atoms with Crippen molar-refractivity contribution in [3.63, 3.8) is 0 Å². The molecule has 7 aliphatic heterocycles. The molecule has 7 heterocycles. The maximum atomic E-state index is 13.8. The first-order valence-corrected chi connectivity index (χ1v) is 12.1. The molecule has 0 aromatic carbocycles. The summed E-state index contributed by atoms with van der Waals surface area (Å²) < 4.78 is 23.7. The number of piperazine rings is 1. The second-order valence-corrected chi connectivity index (χ2v) is 10.7. The number of carbonyl (C=O) groups is 4. The average Bonchev–Trinajstić information content (AvgIpc) is 3.68. The molecule has 10 heteroatoms. The van der Waals surface area contributed by atoms with Crippen molar-refractivity contribution >= 4 is 23.8 Å². The molecule has 0 radical (unpaired) electrons. The third-order valence-electron chi connectivity index (χ3n) is 9.27. The van der Waals surface area contributed by atoms with Gasteiger partial charge in [0.1, 0.15) is 36.5 Å². The molecule has 9 rings (SSSR count). The molecular weight excluding hydrogens is 444 g/mol. The van der Waals surface area contributed by atoms with E-state index in [1.807, 2.05) is 19.1 Å². The smallest absolute Gasteiger partial charge is 0.306 e. The van der Waals surface area contributed by atoms with Gasteiger partial charge in [0, 0.05) is 24.7 Å². The highest BCUT2D eigenvalue weighted by Gasteiger charge is 2.87. The van der Waals surface area contributed by atoms with Crippen LogP contribution in [0.5, 0.6) is 0 Å². The fourth-order valence-electron chi connectivity index (χ4n) is 8.19. The minimum absolute atomic E-state index is 0.108. The normalized spacial score (nSPS) is 49.5. The molecular formula is C24H24N2O8. The summed E-state index contributed by atoms with van der Waals surface area (Å²) in [5, 5.41) is 0. The highest BCUT2D eigenvalue weighted by molar-refractivity contribution is 6.03. The first kappa shape index (κ1) is 19.6. The lowest BCUT2D eigenvalue weighted by atomic mass is 9.52. The Labute approximate surface area is 194 Å². The summed E-state index contributed by atoms with van der Waals surface area (Å²) in [6.07, 6.45) is 3.28. The number of esters is 2. The molecule has 10 atom stereocenters. The number of hydrogen-bond donors (Lipinski definition) is 0. The Morgan fingerprint density at radius 3 is 1.91 bits per heavy atom.